The quantitative estimate of drug-likeness (QED) is 0.0693. The van der Waals surface area contributed by atoms with Crippen molar-refractivity contribution in [2.45, 2.75) is 161 Å². The van der Waals surface area contributed by atoms with E-state index in [1.54, 1.807) is 81.9 Å². The third-order valence-electron chi connectivity index (χ3n) is 14.5. The molecule has 3 aromatic heterocycles. The number of nitrogens with zero attached hydrogens (tertiary/aromatic N) is 5. The average molecular weight is 948 g/mol. The Labute approximate surface area is 400 Å². The number of Topliss-reactive ketones (excluding diaryl/α,β-unsaturated/α-hetero) is 1. The van der Waals surface area contributed by atoms with Gasteiger partial charge in [-0.05, 0) is 91.1 Å². The topological polar surface area (TPSA) is 194 Å². The van der Waals surface area contributed by atoms with Crippen LogP contribution >= 0.6 is 0 Å². The van der Waals surface area contributed by atoms with Crippen LogP contribution in [-0.4, -0.2) is 141 Å². The molecule has 0 unspecified atom stereocenters. The number of esters is 2. The maximum absolute atomic E-state index is 15.1. The van der Waals surface area contributed by atoms with E-state index in [1.165, 1.54) is 7.11 Å². The summed E-state index contributed by atoms with van der Waals surface area (Å²) in [7, 11) is 3.41. The zero-order valence-corrected chi connectivity index (χ0v) is 41.4. The molecule has 374 valence electrons. The number of aromatic nitrogens is 3. The molecule has 3 saturated heterocycles. The van der Waals surface area contributed by atoms with Crippen LogP contribution in [-0.2, 0) is 55.8 Å². The number of carbonyl (C=O) groups excluding carboxylic acids is 4. The Hall–Kier alpha value is -4.94. The first-order valence-corrected chi connectivity index (χ1v) is 24.1. The van der Waals surface area contributed by atoms with Crippen molar-refractivity contribution >= 4 is 23.8 Å². The zero-order valence-electron chi connectivity index (χ0n) is 41.4. The van der Waals surface area contributed by atoms with Gasteiger partial charge in [-0.1, -0.05) is 39.8 Å². The van der Waals surface area contributed by atoms with Crippen LogP contribution in [0.2, 0.25) is 0 Å². The van der Waals surface area contributed by atoms with Gasteiger partial charge in [0.1, 0.15) is 29.8 Å². The summed E-state index contributed by atoms with van der Waals surface area (Å²) in [6, 6.07) is 7.70. The van der Waals surface area contributed by atoms with Gasteiger partial charge in [-0.3, -0.25) is 24.3 Å². The fraction of sp³-hybridized carbons (Fsp3) is 0.647. The number of aliphatic hydroxyl groups is 1. The number of hydrogen-bond donors (Lipinski definition) is 1. The molecule has 0 aliphatic carbocycles. The number of amides is 1. The number of carbonyl (C=O) groups is 4. The molecule has 3 aliphatic rings. The van der Waals surface area contributed by atoms with Gasteiger partial charge in [0.2, 0.25) is 0 Å². The second-order valence-electron chi connectivity index (χ2n) is 19.5. The smallest absolute Gasteiger partial charge is 0.410 e. The lowest BCUT2D eigenvalue weighted by Crippen LogP contribution is -2.61. The molecule has 3 aromatic rings. The lowest BCUT2D eigenvalue weighted by atomic mass is 9.73. The van der Waals surface area contributed by atoms with E-state index in [0.29, 0.717) is 43.8 Å². The Morgan fingerprint density at radius 3 is 2.47 bits per heavy atom. The summed E-state index contributed by atoms with van der Waals surface area (Å²) >= 11 is 0. The summed E-state index contributed by atoms with van der Waals surface area (Å²) in [5.74, 6) is -4.25. The molecule has 0 radical (unpaired) electrons. The van der Waals surface area contributed by atoms with Crippen molar-refractivity contribution in [1.29, 1.82) is 0 Å². The van der Waals surface area contributed by atoms with Gasteiger partial charge in [0.15, 0.2) is 17.7 Å². The summed E-state index contributed by atoms with van der Waals surface area (Å²) in [5.41, 5.74) is -1.47. The molecule has 3 aliphatic heterocycles. The molecule has 68 heavy (non-hydrogen) atoms. The Bertz CT molecular complexity index is 2150. The lowest BCUT2D eigenvalue weighted by Gasteiger charge is -2.48. The normalized spacial score (nSPS) is 33.9. The number of ether oxygens (including phenoxy) is 6. The van der Waals surface area contributed by atoms with E-state index >= 15 is 4.79 Å². The number of furan rings is 1. The minimum absolute atomic E-state index is 0.103. The molecule has 0 spiro atoms. The number of unbranched alkanes of at least 4 members (excludes halogenated alkanes) is 1. The summed E-state index contributed by atoms with van der Waals surface area (Å²) in [5, 5.41) is 11.9. The summed E-state index contributed by atoms with van der Waals surface area (Å²) < 4.78 is 46.3. The number of imidazole rings is 1. The molecule has 6 rings (SSSR count). The van der Waals surface area contributed by atoms with Gasteiger partial charge in [0.05, 0.1) is 60.7 Å². The first-order chi connectivity index (χ1) is 32.4. The van der Waals surface area contributed by atoms with Crippen LogP contribution in [0.3, 0.4) is 0 Å². The van der Waals surface area contributed by atoms with E-state index in [2.05, 4.69) is 16.5 Å². The van der Waals surface area contributed by atoms with Gasteiger partial charge in [-0.25, -0.2) is 9.78 Å². The second-order valence-corrected chi connectivity index (χ2v) is 19.5. The third-order valence-corrected chi connectivity index (χ3v) is 14.5. The third kappa shape index (κ3) is 11.4. The van der Waals surface area contributed by atoms with Gasteiger partial charge >= 0.3 is 18.0 Å². The van der Waals surface area contributed by atoms with Gasteiger partial charge < -0.3 is 47.4 Å². The van der Waals surface area contributed by atoms with Crippen molar-refractivity contribution in [2.75, 3.05) is 27.2 Å². The molecule has 17 nitrogen and oxygen atoms in total. The van der Waals surface area contributed by atoms with Gasteiger partial charge in [0.25, 0.3) is 0 Å². The fourth-order valence-electron chi connectivity index (χ4n) is 10.9. The predicted molar refractivity (Wildman–Crippen MR) is 251 cm³/mol. The molecule has 1 N–H and O–H groups in total. The van der Waals surface area contributed by atoms with Crippen molar-refractivity contribution in [2.24, 2.45) is 23.7 Å². The molecular formula is C51H73N5O12. The molecule has 14 atom stereocenters. The number of pyridine rings is 1. The van der Waals surface area contributed by atoms with Crippen LogP contribution in [0.4, 0.5) is 4.79 Å². The monoisotopic (exact) mass is 948 g/mol. The van der Waals surface area contributed by atoms with Crippen molar-refractivity contribution in [3.63, 3.8) is 0 Å². The van der Waals surface area contributed by atoms with Crippen LogP contribution in [0.1, 0.15) is 93.2 Å². The number of ketones is 1. The fourth-order valence-corrected chi connectivity index (χ4v) is 10.9. The Balaban J connectivity index is 1.37. The van der Waals surface area contributed by atoms with Crippen molar-refractivity contribution in [3.8, 4) is 11.5 Å². The highest BCUT2D eigenvalue weighted by Crippen LogP contribution is 2.44. The van der Waals surface area contributed by atoms with Crippen LogP contribution < -0.4 is 0 Å². The first-order valence-electron chi connectivity index (χ1n) is 24.1. The Morgan fingerprint density at radius 1 is 1.06 bits per heavy atom. The highest BCUT2D eigenvalue weighted by Gasteiger charge is 2.60. The van der Waals surface area contributed by atoms with E-state index in [4.69, 9.17) is 32.8 Å². The van der Waals surface area contributed by atoms with E-state index in [9.17, 15) is 19.5 Å². The lowest BCUT2D eigenvalue weighted by molar-refractivity contribution is -0.302. The maximum atomic E-state index is 15.1. The van der Waals surface area contributed by atoms with E-state index in [-0.39, 0.29) is 43.7 Å². The highest BCUT2D eigenvalue weighted by molar-refractivity contribution is 5.85. The molecular weight excluding hydrogens is 875 g/mol. The summed E-state index contributed by atoms with van der Waals surface area (Å²) in [6.45, 7) is 19.6. The Morgan fingerprint density at radius 2 is 1.81 bits per heavy atom. The second kappa shape index (κ2) is 22.7. The largest absolute Gasteiger partial charge is 0.463 e. The van der Waals surface area contributed by atoms with E-state index < -0.39 is 89.7 Å². The van der Waals surface area contributed by atoms with Crippen LogP contribution in [0, 0.1) is 23.7 Å². The van der Waals surface area contributed by atoms with Crippen LogP contribution in [0.15, 0.2) is 72.4 Å². The van der Waals surface area contributed by atoms with Gasteiger partial charge in [-0.15, -0.1) is 6.58 Å². The molecule has 1 amide bonds. The molecule has 6 heterocycles. The average Bonchev–Trinajstić information content (AvgIpc) is 4.08. The minimum atomic E-state index is -1.45. The number of likely N-dealkylation sites (N-methyl/N-ethyl adjacent to an activating group) is 1. The van der Waals surface area contributed by atoms with Crippen LogP contribution in [0.5, 0.6) is 0 Å². The highest BCUT2D eigenvalue weighted by atomic mass is 16.7. The number of cyclic esters (lactones) is 1. The SMILES string of the molecule is C=CCN(C)[C@H]1C[C@@H](C)O[C@@H](O[C@@H]2[C@@H](C)[C@H](OC(=O)Cc3ccccn3)[C@@H](C)C(=O)O[C@H](CC)[C@@]3(C)OC(=O)N(CCCCn4cncc4-c4ccco4)[C@H]3[C@@H](C)C(=O)[C@H](C)C[C@@]2(C)OC)[C@@H]1O. The number of rotatable bonds is 16. The predicted octanol–water partition coefficient (Wildman–Crippen LogP) is 6.66. The molecule has 0 saturated carbocycles. The molecule has 0 bridgehead atoms. The Kier molecular flexibility index (Phi) is 17.5. The zero-order chi connectivity index (χ0) is 49.5. The summed E-state index contributed by atoms with van der Waals surface area (Å²) in [6.07, 6.45) is 3.83. The van der Waals surface area contributed by atoms with Crippen molar-refractivity contribution in [3.05, 3.63) is 73.7 Å². The van der Waals surface area contributed by atoms with Gasteiger partial charge in [-0.2, -0.15) is 0 Å². The van der Waals surface area contributed by atoms with E-state index in [0.717, 1.165) is 5.69 Å². The standard InChI is InChI=1S/C51H73N5O12/c1-12-22-54(10)37-26-32(4)64-48(43(37)59)67-46-34(6)44(66-41(57)27-36-19-14-15-21-53-36)35(7)47(60)65-40(13-2)51(9)45(33(5)42(58)31(3)28-50(46,8)62-11)56(49(61)68-51)24-17-16-23-55-30-52-29-38(55)39-20-18-25-63-39/h12,14-15,18-21,25,29-35,37,40,43-46,48,59H,1,13,16-17,22-24,26-28H2,2-11H3/t31-,32-,33+,34+,35-,37+,40-,43-,44+,45+,46-,48+,50-,51-/m1/s1. The molecule has 0 aromatic carbocycles. The number of hydrogen-bond acceptors (Lipinski definition) is 15. The van der Waals surface area contributed by atoms with E-state index in [1.807, 2.05) is 56.3 Å². The molecule has 17 heteroatoms. The minimum Gasteiger partial charge on any atom is -0.463 e. The number of fused-ring (bicyclic) bond motifs is 1. The number of aryl methyl sites for hydroxylation is 1. The maximum Gasteiger partial charge on any atom is 0.410 e. The van der Waals surface area contributed by atoms with Crippen molar-refractivity contribution < 1.29 is 57.1 Å². The number of methoxy groups -OCH3 is 1. The first kappa shape index (κ1) is 52.4. The van der Waals surface area contributed by atoms with Crippen LogP contribution in [0.25, 0.3) is 11.5 Å². The van der Waals surface area contributed by atoms with Gasteiger partial charge in [0, 0.05) is 56.7 Å². The molecule has 3 fully saturated rings. The summed E-state index contributed by atoms with van der Waals surface area (Å²) in [4.78, 5) is 70.1. The van der Waals surface area contributed by atoms with Crippen molar-refractivity contribution in [1.82, 2.24) is 24.3 Å². The number of aliphatic hydroxyl groups excluding tert-OH is 1.